The van der Waals surface area contributed by atoms with Crippen molar-refractivity contribution >= 4 is 52.5 Å². The number of nitrogens with two attached hydrogens (primary N) is 1. The van der Waals surface area contributed by atoms with Gasteiger partial charge in [-0.1, -0.05) is 70.7 Å². The van der Waals surface area contributed by atoms with Crippen LogP contribution >= 0.6 is 46.4 Å². The third-order valence-corrected chi connectivity index (χ3v) is 6.98. The predicted molar refractivity (Wildman–Crippen MR) is 122 cm³/mol. The number of benzene rings is 2. The van der Waals surface area contributed by atoms with Crippen LogP contribution in [-0.4, -0.2) is 0 Å². The van der Waals surface area contributed by atoms with E-state index in [2.05, 4.69) is 6.07 Å². The average molecular weight is 478 g/mol. The van der Waals surface area contributed by atoms with E-state index in [9.17, 15) is 5.26 Å². The molecule has 1 aliphatic carbocycles. The second-order valence-electron chi connectivity index (χ2n) is 7.09. The third-order valence-electron chi connectivity index (χ3n) is 5.31. The maximum absolute atomic E-state index is 9.80. The van der Waals surface area contributed by atoms with Crippen molar-refractivity contribution in [2.24, 2.45) is 5.73 Å². The molecule has 0 amide bonds. The Labute approximate surface area is 194 Å². The van der Waals surface area contributed by atoms with Crippen molar-refractivity contribution < 1.29 is 4.74 Å². The number of nitriles is 1. The molecule has 1 heterocycles. The molecule has 0 radical (unpaired) electrons. The Balaban J connectivity index is 1.90. The van der Waals surface area contributed by atoms with Crippen molar-refractivity contribution in [3.63, 3.8) is 0 Å². The van der Waals surface area contributed by atoms with Gasteiger partial charge in [0.25, 0.3) is 0 Å². The van der Waals surface area contributed by atoms with Gasteiger partial charge in [-0.3, -0.25) is 0 Å². The number of rotatable bonds is 2. The maximum atomic E-state index is 9.80. The van der Waals surface area contributed by atoms with E-state index >= 15 is 0 Å². The first-order valence-corrected chi connectivity index (χ1v) is 10.8. The number of allylic oxidation sites excluding steroid dienone is 3. The SMILES string of the molecule is N#CC1=C(N)OC2=C(CCC/C2=C\c2cccc(Cl)c2Cl)[C@@H]1c1cccc(Cl)c1Cl. The first kappa shape index (κ1) is 21.2. The molecule has 0 saturated heterocycles. The van der Waals surface area contributed by atoms with Crippen molar-refractivity contribution in [2.45, 2.75) is 25.2 Å². The van der Waals surface area contributed by atoms with Crippen LogP contribution in [0.3, 0.4) is 0 Å². The van der Waals surface area contributed by atoms with Gasteiger partial charge in [-0.2, -0.15) is 5.26 Å². The molecule has 0 bridgehead atoms. The molecular formula is C23H16Cl4N2O. The van der Waals surface area contributed by atoms with Gasteiger partial charge in [-0.15, -0.1) is 0 Å². The zero-order valence-electron chi connectivity index (χ0n) is 15.7. The van der Waals surface area contributed by atoms with Crippen LogP contribution in [0.1, 0.15) is 36.3 Å². The highest BCUT2D eigenvalue weighted by Gasteiger charge is 2.36. The van der Waals surface area contributed by atoms with E-state index < -0.39 is 5.92 Å². The van der Waals surface area contributed by atoms with Gasteiger partial charge in [0.2, 0.25) is 5.88 Å². The summed E-state index contributed by atoms with van der Waals surface area (Å²) in [6.45, 7) is 0. The quantitative estimate of drug-likeness (QED) is 0.483. The third kappa shape index (κ3) is 3.70. The molecule has 1 aliphatic heterocycles. The maximum Gasteiger partial charge on any atom is 0.205 e. The summed E-state index contributed by atoms with van der Waals surface area (Å²) in [5.41, 5.74) is 9.94. The minimum Gasteiger partial charge on any atom is -0.440 e. The lowest BCUT2D eigenvalue weighted by Crippen LogP contribution is -2.24. The van der Waals surface area contributed by atoms with Crippen molar-refractivity contribution in [1.82, 2.24) is 0 Å². The van der Waals surface area contributed by atoms with Crippen molar-refractivity contribution in [3.05, 3.63) is 96.0 Å². The molecule has 0 spiro atoms. The van der Waals surface area contributed by atoms with Gasteiger partial charge in [0.1, 0.15) is 17.4 Å². The van der Waals surface area contributed by atoms with E-state index in [0.717, 1.165) is 41.5 Å². The summed E-state index contributed by atoms with van der Waals surface area (Å²) < 4.78 is 5.96. The number of halogens is 4. The lowest BCUT2D eigenvalue weighted by Gasteiger charge is -2.33. The van der Waals surface area contributed by atoms with E-state index in [-0.39, 0.29) is 5.88 Å². The molecule has 3 nitrogen and oxygen atoms in total. The summed E-state index contributed by atoms with van der Waals surface area (Å²) in [5, 5.41) is 11.6. The van der Waals surface area contributed by atoms with Crippen LogP contribution in [0.4, 0.5) is 0 Å². The molecule has 1 atom stereocenters. The van der Waals surface area contributed by atoms with Crippen LogP contribution in [0.5, 0.6) is 0 Å². The number of nitrogens with zero attached hydrogens (tertiary/aromatic N) is 1. The summed E-state index contributed by atoms with van der Waals surface area (Å²) >= 11 is 25.3. The van der Waals surface area contributed by atoms with Gasteiger partial charge in [0.15, 0.2) is 0 Å². The van der Waals surface area contributed by atoms with E-state index in [1.165, 1.54) is 0 Å². The second kappa shape index (κ2) is 8.57. The summed E-state index contributed by atoms with van der Waals surface area (Å²) in [7, 11) is 0. The molecule has 0 unspecified atom stereocenters. The molecule has 2 aromatic carbocycles. The van der Waals surface area contributed by atoms with Crippen LogP contribution < -0.4 is 5.73 Å². The Hall–Kier alpha value is -2.09. The highest BCUT2D eigenvalue weighted by Crippen LogP contribution is 2.49. The Morgan fingerprint density at radius 1 is 1.00 bits per heavy atom. The molecule has 0 fully saturated rings. The Bertz CT molecular complexity index is 1170. The van der Waals surface area contributed by atoms with Gasteiger partial charge in [-0.25, -0.2) is 0 Å². The first-order chi connectivity index (χ1) is 14.4. The summed E-state index contributed by atoms with van der Waals surface area (Å²) in [6.07, 6.45) is 4.39. The molecule has 30 heavy (non-hydrogen) atoms. The van der Waals surface area contributed by atoms with Crippen LogP contribution in [0.2, 0.25) is 20.1 Å². The molecule has 2 aromatic rings. The predicted octanol–water partition coefficient (Wildman–Crippen LogP) is 7.63. The molecule has 2 N–H and O–H groups in total. The van der Waals surface area contributed by atoms with Crippen LogP contribution in [0.25, 0.3) is 6.08 Å². The van der Waals surface area contributed by atoms with E-state index in [4.69, 9.17) is 56.9 Å². The molecule has 4 rings (SSSR count). The van der Waals surface area contributed by atoms with Crippen LogP contribution in [0, 0.1) is 11.3 Å². The molecule has 152 valence electrons. The van der Waals surface area contributed by atoms with Crippen LogP contribution in [0.15, 0.2) is 64.8 Å². The highest BCUT2D eigenvalue weighted by molar-refractivity contribution is 6.43. The summed E-state index contributed by atoms with van der Waals surface area (Å²) in [5.74, 6) is 0.320. The fraction of sp³-hybridized carbons (Fsp3) is 0.174. The van der Waals surface area contributed by atoms with Gasteiger partial charge in [0.05, 0.1) is 26.0 Å². The van der Waals surface area contributed by atoms with E-state index in [0.29, 0.717) is 31.4 Å². The largest absolute Gasteiger partial charge is 0.440 e. The lowest BCUT2D eigenvalue weighted by molar-refractivity contribution is 0.277. The normalized spacial score (nSPS) is 20.1. The highest BCUT2D eigenvalue weighted by atomic mass is 35.5. The summed E-state index contributed by atoms with van der Waals surface area (Å²) in [6, 6.07) is 13.1. The lowest BCUT2D eigenvalue weighted by atomic mass is 9.77. The van der Waals surface area contributed by atoms with Gasteiger partial charge >= 0.3 is 0 Å². The minimum absolute atomic E-state index is 0.0716. The number of hydrogen-bond donors (Lipinski definition) is 1. The first-order valence-electron chi connectivity index (χ1n) is 9.31. The zero-order chi connectivity index (χ0) is 21.4. The fourth-order valence-electron chi connectivity index (χ4n) is 3.95. The van der Waals surface area contributed by atoms with Gasteiger partial charge < -0.3 is 10.5 Å². The van der Waals surface area contributed by atoms with E-state index in [1.54, 1.807) is 12.1 Å². The molecular weight excluding hydrogens is 462 g/mol. The minimum atomic E-state index is -0.413. The van der Waals surface area contributed by atoms with Crippen LogP contribution in [-0.2, 0) is 4.74 Å². The molecule has 0 aromatic heterocycles. The standard InChI is InChI=1S/C23H16Cl4N2O/c24-17-8-2-4-12(20(17)26)10-13-5-1-7-15-19(14-6-3-9-18(25)21(14)27)16(11-28)23(29)30-22(13)15/h2-4,6,8-10,19H,1,5,7,29H2/b13-10+/t19-/m0/s1. The molecule has 2 aliphatic rings. The summed E-state index contributed by atoms with van der Waals surface area (Å²) in [4.78, 5) is 0. The van der Waals surface area contributed by atoms with Crippen molar-refractivity contribution in [3.8, 4) is 6.07 Å². The Kier molecular flexibility index (Phi) is 6.04. The topological polar surface area (TPSA) is 59.0 Å². The second-order valence-corrected chi connectivity index (χ2v) is 8.66. The van der Waals surface area contributed by atoms with Gasteiger partial charge in [-0.05, 0) is 59.7 Å². The number of ether oxygens (including phenoxy) is 1. The smallest absolute Gasteiger partial charge is 0.205 e. The van der Waals surface area contributed by atoms with E-state index in [1.807, 2.05) is 30.3 Å². The molecule has 7 heteroatoms. The fourth-order valence-corrected chi connectivity index (χ4v) is 4.73. The monoisotopic (exact) mass is 476 g/mol. The Morgan fingerprint density at radius 2 is 1.70 bits per heavy atom. The number of hydrogen-bond acceptors (Lipinski definition) is 3. The van der Waals surface area contributed by atoms with Crippen molar-refractivity contribution in [2.75, 3.05) is 0 Å². The Morgan fingerprint density at radius 3 is 2.43 bits per heavy atom. The molecule has 0 saturated carbocycles. The average Bonchev–Trinajstić information content (AvgIpc) is 2.73. The van der Waals surface area contributed by atoms with Gasteiger partial charge in [0, 0.05) is 0 Å². The zero-order valence-corrected chi connectivity index (χ0v) is 18.7. The van der Waals surface area contributed by atoms with Crippen molar-refractivity contribution in [1.29, 1.82) is 5.26 Å².